The van der Waals surface area contributed by atoms with Gasteiger partial charge in [0.15, 0.2) is 0 Å². The van der Waals surface area contributed by atoms with E-state index >= 15 is 0 Å². The van der Waals surface area contributed by atoms with E-state index in [1.165, 1.54) is 12.8 Å². The third kappa shape index (κ3) is 2.86. The minimum absolute atomic E-state index is 0.744. The molecule has 1 aliphatic rings. The summed E-state index contributed by atoms with van der Waals surface area (Å²) in [6.45, 7) is 5.98. The second-order valence-corrected chi connectivity index (χ2v) is 6.14. The van der Waals surface area contributed by atoms with Crippen LogP contribution >= 0.6 is 0 Å². The highest BCUT2D eigenvalue weighted by atomic mass is 16.5. The van der Waals surface area contributed by atoms with Gasteiger partial charge in [-0.1, -0.05) is 12.1 Å². The minimum Gasteiger partial charge on any atom is -0.360 e. The van der Waals surface area contributed by atoms with Crippen molar-refractivity contribution in [3.8, 4) is 22.5 Å². The summed E-state index contributed by atoms with van der Waals surface area (Å²) in [5, 5.41) is 4.14. The summed E-state index contributed by atoms with van der Waals surface area (Å²) >= 11 is 0. The van der Waals surface area contributed by atoms with Gasteiger partial charge >= 0.3 is 0 Å². The predicted octanol–water partition coefficient (Wildman–Crippen LogP) is 3.06. The normalized spacial score (nSPS) is 14.2. The number of aryl methyl sites for hydroxylation is 2. The quantitative estimate of drug-likeness (QED) is 0.724. The van der Waals surface area contributed by atoms with Gasteiger partial charge in [-0.15, -0.1) is 0 Å². The number of aromatic nitrogens is 5. The number of hydrogen-bond acceptors (Lipinski definition) is 7. The SMILES string of the molecule is CCc1onc(C)c1-c1nc(N2CCCC2)ncc1-c1cnccn1. The lowest BCUT2D eigenvalue weighted by Gasteiger charge is -2.17. The van der Waals surface area contributed by atoms with E-state index in [-0.39, 0.29) is 0 Å². The van der Waals surface area contributed by atoms with Crippen LogP contribution in [0.5, 0.6) is 0 Å². The highest BCUT2D eigenvalue weighted by Gasteiger charge is 2.23. The van der Waals surface area contributed by atoms with Crippen LogP contribution in [0.4, 0.5) is 5.95 Å². The molecule has 0 aromatic carbocycles. The molecule has 4 rings (SSSR count). The zero-order chi connectivity index (χ0) is 17.2. The summed E-state index contributed by atoms with van der Waals surface area (Å²) in [6.07, 6.45) is 10.0. The molecule has 0 amide bonds. The Morgan fingerprint density at radius 2 is 1.96 bits per heavy atom. The second kappa shape index (κ2) is 6.58. The number of nitrogens with zero attached hydrogens (tertiary/aromatic N) is 6. The van der Waals surface area contributed by atoms with Gasteiger partial charge in [0.25, 0.3) is 0 Å². The molecule has 1 aliphatic heterocycles. The van der Waals surface area contributed by atoms with Crippen LogP contribution < -0.4 is 4.90 Å². The third-order valence-corrected chi connectivity index (χ3v) is 4.50. The first-order valence-electron chi connectivity index (χ1n) is 8.61. The molecule has 7 nitrogen and oxygen atoms in total. The maximum atomic E-state index is 5.50. The molecule has 25 heavy (non-hydrogen) atoms. The molecule has 0 aliphatic carbocycles. The van der Waals surface area contributed by atoms with E-state index in [0.717, 1.165) is 59.4 Å². The van der Waals surface area contributed by atoms with Crippen LogP contribution in [0.25, 0.3) is 22.5 Å². The smallest absolute Gasteiger partial charge is 0.225 e. The molecule has 0 saturated carbocycles. The van der Waals surface area contributed by atoms with Crippen LogP contribution in [0.3, 0.4) is 0 Å². The van der Waals surface area contributed by atoms with Crippen LogP contribution in [0.1, 0.15) is 31.2 Å². The Labute approximate surface area is 146 Å². The molecule has 3 aromatic heterocycles. The Balaban J connectivity index is 1.91. The molecule has 1 fully saturated rings. The monoisotopic (exact) mass is 336 g/mol. The van der Waals surface area contributed by atoms with Gasteiger partial charge in [-0.25, -0.2) is 9.97 Å². The maximum Gasteiger partial charge on any atom is 0.225 e. The predicted molar refractivity (Wildman–Crippen MR) is 94.1 cm³/mol. The van der Waals surface area contributed by atoms with Crippen LogP contribution in [0.2, 0.25) is 0 Å². The Morgan fingerprint density at radius 1 is 1.12 bits per heavy atom. The number of rotatable bonds is 4. The molecule has 1 saturated heterocycles. The van der Waals surface area contributed by atoms with Crippen molar-refractivity contribution >= 4 is 5.95 Å². The molecule has 3 aromatic rings. The van der Waals surface area contributed by atoms with Gasteiger partial charge in [0.05, 0.1) is 28.8 Å². The first-order valence-corrected chi connectivity index (χ1v) is 8.61. The van der Waals surface area contributed by atoms with Gasteiger partial charge < -0.3 is 9.42 Å². The van der Waals surface area contributed by atoms with Crippen LogP contribution in [-0.4, -0.2) is 38.2 Å². The van der Waals surface area contributed by atoms with Crippen molar-refractivity contribution in [3.63, 3.8) is 0 Å². The van der Waals surface area contributed by atoms with Crippen molar-refractivity contribution in [3.05, 3.63) is 36.2 Å². The Kier molecular flexibility index (Phi) is 4.13. The summed E-state index contributed by atoms with van der Waals surface area (Å²) in [5.41, 5.74) is 4.16. The van der Waals surface area contributed by atoms with Crippen molar-refractivity contribution in [2.75, 3.05) is 18.0 Å². The Morgan fingerprint density at radius 3 is 2.68 bits per heavy atom. The molecule has 0 bridgehead atoms. The van der Waals surface area contributed by atoms with Gasteiger partial charge in [0.2, 0.25) is 5.95 Å². The van der Waals surface area contributed by atoms with Crippen molar-refractivity contribution in [1.82, 2.24) is 25.1 Å². The van der Waals surface area contributed by atoms with Gasteiger partial charge in [-0.3, -0.25) is 9.97 Å². The first kappa shape index (κ1) is 15.7. The summed E-state index contributed by atoms with van der Waals surface area (Å²) in [5.74, 6) is 1.58. The fourth-order valence-corrected chi connectivity index (χ4v) is 3.22. The molecule has 128 valence electrons. The number of anilines is 1. The van der Waals surface area contributed by atoms with Crippen molar-refractivity contribution < 1.29 is 4.52 Å². The fourth-order valence-electron chi connectivity index (χ4n) is 3.22. The van der Waals surface area contributed by atoms with Gasteiger partial charge in [-0.05, 0) is 19.8 Å². The summed E-state index contributed by atoms with van der Waals surface area (Å²) in [6, 6.07) is 0. The van der Waals surface area contributed by atoms with E-state index in [0.29, 0.717) is 0 Å². The minimum atomic E-state index is 0.744. The van der Waals surface area contributed by atoms with Crippen LogP contribution in [0, 0.1) is 6.92 Å². The van der Waals surface area contributed by atoms with Crippen molar-refractivity contribution in [1.29, 1.82) is 0 Å². The zero-order valence-electron chi connectivity index (χ0n) is 14.4. The first-order chi connectivity index (χ1) is 12.3. The van der Waals surface area contributed by atoms with E-state index in [1.807, 2.05) is 20.0 Å². The molecule has 4 heterocycles. The lowest BCUT2D eigenvalue weighted by atomic mass is 10.0. The standard InChI is InChI=1S/C18H20N6O/c1-3-15-16(12(2)23-25-15)17-13(14-11-19-6-7-20-14)10-21-18(22-17)24-8-4-5-9-24/h6-7,10-11H,3-5,8-9H2,1-2H3. The molecule has 7 heteroatoms. The van der Waals surface area contributed by atoms with Gasteiger partial charge in [-0.2, -0.15) is 0 Å². The summed E-state index contributed by atoms with van der Waals surface area (Å²) in [4.78, 5) is 20.3. The molecule has 0 unspecified atom stereocenters. The topological polar surface area (TPSA) is 80.8 Å². The lowest BCUT2D eigenvalue weighted by molar-refractivity contribution is 0.383. The van der Waals surface area contributed by atoms with E-state index in [2.05, 4.69) is 25.0 Å². The molecular formula is C18H20N6O. The van der Waals surface area contributed by atoms with Gasteiger partial charge in [0.1, 0.15) is 5.76 Å². The Hall–Kier alpha value is -2.83. The summed E-state index contributed by atoms with van der Waals surface area (Å²) < 4.78 is 5.50. The highest BCUT2D eigenvalue weighted by molar-refractivity contribution is 5.81. The lowest BCUT2D eigenvalue weighted by Crippen LogP contribution is -2.20. The fraction of sp³-hybridized carbons (Fsp3) is 0.389. The molecule has 0 atom stereocenters. The Bertz CT molecular complexity index is 871. The third-order valence-electron chi connectivity index (χ3n) is 4.50. The zero-order valence-corrected chi connectivity index (χ0v) is 14.4. The van der Waals surface area contributed by atoms with E-state index in [9.17, 15) is 0 Å². The van der Waals surface area contributed by atoms with E-state index in [1.54, 1.807) is 18.6 Å². The molecule has 0 spiro atoms. The van der Waals surface area contributed by atoms with Crippen molar-refractivity contribution in [2.24, 2.45) is 0 Å². The van der Waals surface area contributed by atoms with Crippen LogP contribution in [0.15, 0.2) is 29.3 Å². The van der Waals surface area contributed by atoms with Crippen molar-refractivity contribution in [2.45, 2.75) is 33.1 Å². The average molecular weight is 336 g/mol. The highest BCUT2D eigenvalue weighted by Crippen LogP contribution is 2.34. The second-order valence-electron chi connectivity index (χ2n) is 6.14. The van der Waals surface area contributed by atoms with Gasteiger partial charge in [0, 0.05) is 43.7 Å². The van der Waals surface area contributed by atoms with E-state index in [4.69, 9.17) is 9.51 Å². The average Bonchev–Trinajstić information content (AvgIpc) is 3.31. The molecule has 0 N–H and O–H groups in total. The molecular weight excluding hydrogens is 316 g/mol. The van der Waals surface area contributed by atoms with E-state index < -0.39 is 0 Å². The maximum absolute atomic E-state index is 5.50. The van der Waals surface area contributed by atoms with Crippen LogP contribution in [-0.2, 0) is 6.42 Å². The molecule has 0 radical (unpaired) electrons. The largest absolute Gasteiger partial charge is 0.360 e. The summed E-state index contributed by atoms with van der Waals surface area (Å²) in [7, 11) is 0. The number of hydrogen-bond donors (Lipinski definition) is 0.